The summed E-state index contributed by atoms with van der Waals surface area (Å²) in [4.78, 5) is 19.7. The van der Waals surface area contributed by atoms with Crippen LogP contribution in [0, 0.1) is 0 Å². The third kappa shape index (κ3) is 2.49. The summed E-state index contributed by atoms with van der Waals surface area (Å²) in [5.41, 5.74) is 1.89. The van der Waals surface area contributed by atoms with Crippen molar-refractivity contribution in [2.24, 2.45) is 0 Å². The van der Waals surface area contributed by atoms with Gasteiger partial charge in [-0.05, 0) is 12.6 Å². The van der Waals surface area contributed by atoms with E-state index in [2.05, 4.69) is 22.1 Å². The van der Waals surface area contributed by atoms with Gasteiger partial charge in [0, 0.05) is 43.3 Å². The molecule has 1 saturated heterocycles. The monoisotopic (exact) mass is 272 g/mol. The highest BCUT2D eigenvalue weighted by Gasteiger charge is 2.20. The Morgan fingerprint density at radius 2 is 2.00 bits per heavy atom. The van der Waals surface area contributed by atoms with Crippen molar-refractivity contribution in [2.75, 3.05) is 38.0 Å². The number of aromatic amines is 1. The maximum absolute atomic E-state index is 12.3. The maximum atomic E-state index is 12.3. The van der Waals surface area contributed by atoms with Gasteiger partial charge in [0.1, 0.15) is 0 Å². The third-order valence-corrected chi connectivity index (χ3v) is 3.94. The van der Waals surface area contributed by atoms with Crippen LogP contribution in [0.15, 0.2) is 30.5 Å². The number of para-hydroxylation sites is 1. The number of carbonyl (C=O) groups excluding carboxylic acids is 1. The number of nitrogens with zero attached hydrogens (tertiary/aromatic N) is 2. The van der Waals surface area contributed by atoms with E-state index in [0.717, 1.165) is 49.3 Å². The normalized spacial score (nSPS) is 16.6. The topological polar surface area (TPSA) is 51.4 Å². The van der Waals surface area contributed by atoms with Crippen LogP contribution in [0.5, 0.6) is 0 Å². The molecule has 0 spiro atoms. The molecule has 5 heteroatoms. The molecule has 5 nitrogen and oxygen atoms in total. The minimum absolute atomic E-state index is 0.00879. The van der Waals surface area contributed by atoms with Gasteiger partial charge in [-0.15, -0.1) is 0 Å². The van der Waals surface area contributed by atoms with Gasteiger partial charge in [-0.25, -0.2) is 4.79 Å². The van der Waals surface area contributed by atoms with Crippen LogP contribution >= 0.6 is 0 Å². The Labute approximate surface area is 118 Å². The van der Waals surface area contributed by atoms with E-state index in [1.165, 1.54) is 0 Å². The van der Waals surface area contributed by atoms with Gasteiger partial charge in [-0.3, -0.25) is 0 Å². The molecule has 0 radical (unpaired) electrons. The summed E-state index contributed by atoms with van der Waals surface area (Å²) >= 11 is 0. The van der Waals surface area contributed by atoms with E-state index in [-0.39, 0.29) is 6.03 Å². The number of H-pyrrole nitrogens is 1. The summed E-state index contributed by atoms with van der Waals surface area (Å²) in [6, 6.07) is 7.97. The van der Waals surface area contributed by atoms with Crippen LogP contribution in [0.3, 0.4) is 0 Å². The Morgan fingerprint density at radius 3 is 2.75 bits per heavy atom. The molecule has 2 N–H and O–H groups in total. The van der Waals surface area contributed by atoms with Crippen LogP contribution in [0.4, 0.5) is 10.5 Å². The van der Waals surface area contributed by atoms with Gasteiger partial charge in [0.05, 0.1) is 5.69 Å². The second kappa shape index (κ2) is 5.54. The van der Waals surface area contributed by atoms with Crippen LogP contribution in [0.25, 0.3) is 10.9 Å². The molecule has 106 valence electrons. The molecule has 1 aromatic carbocycles. The molecule has 0 atom stereocenters. The summed E-state index contributed by atoms with van der Waals surface area (Å²) in [6.07, 6.45) is 1.85. The second-order valence-corrected chi connectivity index (χ2v) is 5.10. The van der Waals surface area contributed by atoms with Gasteiger partial charge in [-0.2, -0.15) is 0 Å². The molecule has 0 bridgehead atoms. The van der Waals surface area contributed by atoms with Gasteiger partial charge in [0.2, 0.25) is 0 Å². The van der Waals surface area contributed by atoms with E-state index >= 15 is 0 Å². The molecule has 2 amide bonds. The summed E-state index contributed by atoms with van der Waals surface area (Å²) in [5.74, 6) is 0. The molecule has 1 aliphatic heterocycles. The molecule has 0 aliphatic carbocycles. The van der Waals surface area contributed by atoms with Crippen LogP contribution < -0.4 is 5.32 Å². The molecular formula is C15H20N4O. The van der Waals surface area contributed by atoms with Crippen molar-refractivity contribution in [3.05, 3.63) is 30.5 Å². The SMILES string of the molecule is CCN1CCN(C(=O)Nc2c[nH]c3ccccc23)CC1. The van der Waals surface area contributed by atoms with Gasteiger partial charge in [-0.1, -0.05) is 25.1 Å². The number of hydrogen-bond acceptors (Lipinski definition) is 2. The molecule has 2 aromatic rings. The number of urea groups is 1. The zero-order valence-corrected chi connectivity index (χ0v) is 11.7. The number of fused-ring (bicyclic) bond motifs is 1. The number of anilines is 1. The Hall–Kier alpha value is -2.01. The summed E-state index contributed by atoms with van der Waals surface area (Å²) < 4.78 is 0. The number of rotatable bonds is 2. The average Bonchev–Trinajstić information content (AvgIpc) is 2.91. The van der Waals surface area contributed by atoms with Gasteiger partial charge < -0.3 is 20.1 Å². The van der Waals surface area contributed by atoms with E-state index in [1.807, 2.05) is 35.4 Å². The van der Waals surface area contributed by atoms with E-state index < -0.39 is 0 Å². The zero-order chi connectivity index (χ0) is 13.9. The number of carbonyl (C=O) groups is 1. The van der Waals surface area contributed by atoms with Crippen molar-refractivity contribution in [1.82, 2.24) is 14.8 Å². The number of aromatic nitrogens is 1. The fourth-order valence-electron chi connectivity index (χ4n) is 2.64. The first-order valence-electron chi connectivity index (χ1n) is 7.12. The van der Waals surface area contributed by atoms with E-state index in [1.54, 1.807) is 0 Å². The molecule has 1 aliphatic rings. The lowest BCUT2D eigenvalue weighted by atomic mass is 10.2. The van der Waals surface area contributed by atoms with Crippen molar-refractivity contribution in [3.63, 3.8) is 0 Å². The van der Waals surface area contributed by atoms with E-state index in [4.69, 9.17) is 0 Å². The highest BCUT2D eigenvalue weighted by molar-refractivity contribution is 6.00. The van der Waals surface area contributed by atoms with Gasteiger partial charge >= 0.3 is 6.03 Å². The van der Waals surface area contributed by atoms with Crippen LogP contribution in [-0.2, 0) is 0 Å². The molecule has 1 fully saturated rings. The minimum Gasteiger partial charge on any atom is -0.359 e. The lowest BCUT2D eigenvalue weighted by Crippen LogP contribution is -2.49. The standard InChI is InChI=1S/C15H20N4O/c1-2-18-7-9-19(10-8-18)15(20)17-14-11-16-13-6-4-3-5-12(13)14/h3-6,11,16H,2,7-10H2,1H3,(H,17,20). The molecule has 3 rings (SSSR count). The molecule has 2 heterocycles. The fraction of sp³-hybridized carbons (Fsp3) is 0.400. The van der Waals surface area contributed by atoms with Crippen molar-refractivity contribution < 1.29 is 4.79 Å². The van der Waals surface area contributed by atoms with Crippen molar-refractivity contribution in [1.29, 1.82) is 0 Å². The first-order valence-corrected chi connectivity index (χ1v) is 7.12. The Kier molecular flexibility index (Phi) is 3.60. The fourth-order valence-corrected chi connectivity index (χ4v) is 2.64. The molecule has 1 aromatic heterocycles. The Balaban J connectivity index is 1.67. The van der Waals surface area contributed by atoms with Gasteiger partial charge in [0.15, 0.2) is 0 Å². The molecular weight excluding hydrogens is 252 g/mol. The summed E-state index contributed by atoms with van der Waals surface area (Å²) in [5, 5.41) is 4.05. The first-order chi connectivity index (χ1) is 9.78. The van der Waals surface area contributed by atoms with Crippen LogP contribution in [-0.4, -0.2) is 53.5 Å². The lowest BCUT2D eigenvalue weighted by Gasteiger charge is -2.33. The van der Waals surface area contributed by atoms with Crippen molar-refractivity contribution >= 4 is 22.6 Å². The summed E-state index contributed by atoms with van der Waals surface area (Å²) in [6.45, 7) is 6.71. The molecule has 0 unspecified atom stereocenters. The quantitative estimate of drug-likeness (QED) is 0.881. The average molecular weight is 272 g/mol. The smallest absolute Gasteiger partial charge is 0.321 e. The van der Waals surface area contributed by atoms with Crippen LogP contribution in [0.1, 0.15) is 6.92 Å². The predicted octanol–water partition coefficient (Wildman–Crippen LogP) is 2.34. The largest absolute Gasteiger partial charge is 0.359 e. The zero-order valence-electron chi connectivity index (χ0n) is 11.7. The van der Waals surface area contributed by atoms with Gasteiger partial charge in [0.25, 0.3) is 0 Å². The molecule has 0 saturated carbocycles. The lowest BCUT2D eigenvalue weighted by molar-refractivity contribution is 0.151. The predicted molar refractivity (Wildman–Crippen MR) is 81.0 cm³/mol. The van der Waals surface area contributed by atoms with E-state index in [9.17, 15) is 4.79 Å². The minimum atomic E-state index is -0.00879. The first kappa shape index (κ1) is 13.0. The Bertz CT molecular complexity index is 599. The highest BCUT2D eigenvalue weighted by Crippen LogP contribution is 2.22. The summed E-state index contributed by atoms with van der Waals surface area (Å²) in [7, 11) is 0. The van der Waals surface area contributed by atoms with E-state index in [0.29, 0.717) is 0 Å². The number of amides is 2. The van der Waals surface area contributed by atoms with Crippen LogP contribution in [0.2, 0.25) is 0 Å². The Morgan fingerprint density at radius 1 is 1.25 bits per heavy atom. The number of piperazine rings is 1. The number of likely N-dealkylation sites (N-methyl/N-ethyl adjacent to an activating group) is 1. The van der Waals surface area contributed by atoms with Crippen molar-refractivity contribution in [3.8, 4) is 0 Å². The second-order valence-electron chi connectivity index (χ2n) is 5.10. The number of hydrogen-bond donors (Lipinski definition) is 2. The number of nitrogens with one attached hydrogen (secondary N) is 2. The number of benzene rings is 1. The molecule has 20 heavy (non-hydrogen) atoms. The highest BCUT2D eigenvalue weighted by atomic mass is 16.2. The van der Waals surface area contributed by atoms with Crippen molar-refractivity contribution in [2.45, 2.75) is 6.92 Å². The third-order valence-electron chi connectivity index (χ3n) is 3.94. The maximum Gasteiger partial charge on any atom is 0.321 e.